The van der Waals surface area contributed by atoms with Gasteiger partial charge in [0, 0.05) is 17.0 Å². The molecule has 0 aliphatic carbocycles. The van der Waals surface area contributed by atoms with Gasteiger partial charge < -0.3 is 11.1 Å². The Hall–Kier alpha value is -2.33. The van der Waals surface area contributed by atoms with E-state index in [0.717, 1.165) is 16.5 Å². The van der Waals surface area contributed by atoms with Crippen LogP contribution in [-0.4, -0.2) is 9.97 Å². The first kappa shape index (κ1) is 12.7. The molecule has 0 spiro atoms. The minimum Gasteiger partial charge on any atom is -0.383 e. The number of hydrogen-bond donors (Lipinski definition) is 2. The maximum Gasteiger partial charge on any atom is 0.225 e. The van der Waals surface area contributed by atoms with E-state index in [0.29, 0.717) is 23.3 Å². The zero-order valence-electron chi connectivity index (χ0n) is 10.7. The predicted octanol–water partition coefficient (Wildman–Crippen LogP) is 3.48. The standard InChI is InChI=1S/C15H13ClN4/c16-11-5-3-4-10(8-11)9-18-15-19-13-7-2-1-6-12(13)14(17)20-15/h1-8H,9H2,(H3,17,18,19,20). The number of anilines is 2. The SMILES string of the molecule is Nc1nc(NCc2cccc(Cl)c2)nc2ccccc12. The molecule has 2 aromatic carbocycles. The monoisotopic (exact) mass is 284 g/mol. The first-order valence-electron chi connectivity index (χ1n) is 6.23. The van der Waals surface area contributed by atoms with E-state index >= 15 is 0 Å². The summed E-state index contributed by atoms with van der Waals surface area (Å²) in [6.07, 6.45) is 0. The smallest absolute Gasteiger partial charge is 0.225 e. The number of hydrogen-bond acceptors (Lipinski definition) is 4. The van der Waals surface area contributed by atoms with Crippen LogP contribution in [0.3, 0.4) is 0 Å². The summed E-state index contributed by atoms with van der Waals surface area (Å²) in [7, 11) is 0. The average Bonchev–Trinajstić information content (AvgIpc) is 2.45. The molecule has 100 valence electrons. The summed E-state index contributed by atoms with van der Waals surface area (Å²) in [4.78, 5) is 8.70. The lowest BCUT2D eigenvalue weighted by Gasteiger charge is -2.08. The fraction of sp³-hybridized carbons (Fsp3) is 0.0667. The highest BCUT2D eigenvalue weighted by atomic mass is 35.5. The molecule has 3 aromatic rings. The molecular weight excluding hydrogens is 272 g/mol. The number of fused-ring (bicyclic) bond motifs is 1. The lowest BCUT2D eigenvalue weighted by molar-refractivity contribution is 1.07. The van der Waals surface area contributed by atoms with Crippen molar-refractivity contribution in [1.82, 2.24) is 9.97 Å². The Balaban J connectivity index is 1.84. The van der Waals surface area contributed by atoms with Gasteiger partial charge in [0.2, 0.25) is 5.95 Å². The molecule has 0 atom stereocenters. The summed E-state index contributed by atoms with van der Waals surface area (Å²) < 4.78 is 0. The van der Waals surface area contributed by atoms with Crippen molar-refractivity contribution in [3.63, 3.8) is 0 Å². The van der Waals surface area contributed by atoms with E-state index in [1.165, 1.54) is 0 Å². The van der Waals surface area contributed by atoms with Gasteiger partial charge in [0.15, 0.2) is 0 Å². The van der Waals surface area contributed by atoms with Crippen molar-refractivity contribution in [2.24, 2.45) is 0 Å². The molecule has 3 N–H and O–H groups in total. The van der Waals surface area contributed by atoms with Gasteiger partial charge in [0.25, 0.3) is 0 Å². The second-order valence-electron chi connectivity index (χ2n) is 4.43. The Morgan fingerprint density at radius 3 is 2.75 bits per heavy atom. The largest absolute Gasteiger partial charge is 0.383 e. The van der Waals surface area contributed by atoms with Crippen LogP contribution in [0.1, 0.15) is 5.56 Å². The van der Waals surface area contributed by atoms with Crippen LogP contribution < -0.4 is 11.1 Å². The summed E-state index contributed by atoms with van der Waals surface area (Å²) in [5.41, 5.74) is 7.83. The molecule has 0 unspecified atom stereocenters. The highest BCUT2D eigenvalue weighted by Crippen LogP contribution is 2.19. The first-order chi connectivity index (χ1) is 9.72. The average molecular weight is 285 g/mol. The molecule has 0 aliphatic rings. The summed E-state index contributed by atoms with van der Waals surface area (Å²) in [6, 6.07) is 15.3. The van der Waals surface area contributed by atoms with E-state index in [1.807, 2.05) is 48.5 Å². The van der Waals surface area contributed by atoms with Gasteiger partial charge in [-0.05, 0) is 29.8 Å². The fourth-order valence-corrected chi connectivity index (χ4v) is 2.22. The van der Waals surface area contributed by atoms with Gasteiger partial charge in [0.1, 0.15) is 5.82 Å². The number of nitrogen functional groups attached to an aromatic ring is 1. The molecule has 1 heterocycles. The number of nitrogens with zero attached hydrogens (tertiary/aromatic N) is 2. The molecular formula is C15H13ClN4. The van der Waals surface area contributed by atoms with E-state index in [9.17, 15) is 0 Å². The van der Waals surface area contributed by atoms with Crippen LogP contribution >= 0.6 is 11.6 Å². The summed E-state index contributed by atoms with van der Waals surface area (Å²) in [6.45, 7) is 0.596. The van der Waals surface area contributed by atoms with E-state index in [1.54, 1.807) is 0 Å². The maximum absolute atomic E-state index is 5.95. The van der Waals surface area contributed by atoms with Crippen LogP contribution in [0.2, 0.25) is 5.02 Å². The molecule has 0 saturated carbocycles. The zero-order chi connectivity index (χ0) is 13.9. The van der Waals surface area contributed by atoms with Crippen LogP contribution in [0, 0.1) is 0 Å². The Morgan fingerprint density at radius 1 is 1.05 bits per heavy atom. The normalized spacial score (nSPS) is 10.7. The second kappa shape index (κ2) is 5.35. The molecule has 0 radical (unpaired) electrons. The van der Waals surface area contributed by atoms with E-state index in [-0.39, 0.29) is 0 Å². The van der Waals surface area contributed by atoms with Crippen molar-refractivity contribution in [1.29, 1.82) is 0 Å². The van der Waals surface area contributed by atoms with Crippen molar-refractivity contribution in [3.8, 4) is 0 Å². The van der Waals surface area contributed by atoms with Crippen molar-refractivity contribution in [2.45, 2.75) is 6.54 Å². The number of para-hydroxylation sites is 1. The number of benzene rings is 2. The highest BCUT2D eigenvalue weighted by Gasteiger charge is 2.04. The van der Waals surface area contributed by atoms with Crippen LogP contribution in [0.5, 0.6) is 0 Å². The number of nitrogens with two attached hydrogens (primary N) is 1. The lowest BCUT2D eigenvalue weighted by Crippen LogP contribution is -2.05. The molecule has 0 fully saturated rings. The molecule has 5 heteroatoms. The molecule has 0 aliphatic heterocycles. The van der Waals surface area contributed by atoms with Crippen molar-refractivity contribution < 1.29 is 0 Å². The van der Waals surface area contributed by atoms with Crippen molar-refractivity contribution in [2.75, 3.05) is 11.1 Å². The Kier molecular flexibility index (Phi) is 3.39. The molecule has 20 heavy (non-hydrogen) atoms. The Bertz CT molecular complexity index is 758. The Morgan fingerprint density at radius 2 is 1.90 bits per heavy atom. The van der Waals surface area contributed by atoms with Gasteiger partial charge in [0.05, 0.1) is 5.52 Å². The van der Waals surface area contributed by atoms with Crippen LogP contribution in [-0.2, 0) is 6.54 Å². The number of halogens is 1. The minimum absolute atomic E-state index is 0.476. The van der Waals surface area contributed by atoms with E-state index in [4.69, 9.17) is 17.3 Å². The number of rotatable bonds is 3. The zero-order valence-corrected chi connectivity index (χ0v) is 11.4. The Labute approximate surface area is 121 Å². The predicted molar refractivity (Wildman–Crippen MR) is 82.7 cm³/mol. The highest BCUT2D eigenvalue weighted by molar-refractivity contribution is 6.30. The van der Waals surface area contributed by atoms with Gasteiger partial charge >= 0.3 is 0 Å². The molecule has 0 saturated heterocycles. The lowest BCUT2D eigenvalue weighted by atomic mass is 10.2. The van der Waals surface area contributed by atoms with Gasteiger partial charge in [-0.1, -0.05) is 35.9 Å². The number of aromatic nitrogens is 2. The quantitative estimate of drug-likeness (QED) is 0.773. The van der Waals surface area contributed by atoms with Gasteiger partial charge in [-0.25, -0.2) is 4.98 Å². The minimum atomic E-state index is 0.476. The topological polar surface area (TPSA) is 63.8 Å². The van der Waals surface area contributed by atoms with Crippen LogP contribution in [0.15, 0.2) is 48.5 Å². The van der Waals surface area contributed by atoms with Crippen LogP contribution in [0.4, 0.5) is 11.8 Å². The maximum atomic E-state index is 5.95. The van der Waals surface area contributed by atoms with E-state index < -0.39 is 0 Å². The summed E-state index contributed by atoms with van der Waals surface area (Å²) in [5.74, 6) is 0.991. The third kappa shape index (κ3) is 2.65. The van der Waals surface area contributed by atoms with Crippen LogP contribution in [0.25, 0.3) is 10.9 Å². The van der Waals surface area contributed by atoms with Gasteiger partial charge in [-0.15, -0.1) is 0 Å². The van der Waals surface area contributed by atoms with E-state index in [2.05, 4.69) is 15.3 Å². The molecule has 0 bridgehead atoms. The summed E-state index contributed by atoms with van der Waals surface area (Å²) in [5, 5.41) is 4.73. The van der Waals surface area contributed by atoms with Crippen molar-refractivity contribution >= 4 is 34.3 Å². The van der Waals surface area contributed by atoms with Gasteiger partial charge in [-0.2, -0.15) is 4.98 Å². The third-order valence-electron chi connectivity index (χ3n) is 2.97. The molecule has 4 nitrogen and oxygen atoms in total. The fourth-order valence-electron chi connectivity index (χ4n) is 2.01. The second-order valence-corrected chi connectivity index (χ2v) is 4.87. The first-order valence-corrected chi connectivity index (χ1v) is 6.61. The molecule has 1 aromatic heterocycles. The van der Waals surface area contributed by atoms with Crippen molar-refractivity contribution in [3.05, 3.63) is 59.1 Å². The number of nitrogens with one attached hydrogen (secondary N) is 1. The van der Waals surface area contributed by atoms with Gasteiger partial charge in [-0.3, -0.25) is 0 Å². The summed E-state index contributed by atoms with van der Waals surface area (Å²) >= 11 is 5.95. The molecule has 3 rings (SSSR count). The molecule has 0 amide bonds. The third-order valence-corrected chi connectivity index (χ3v) is 3.21.